The third-order valence-electron chi connectivity index (χ3n) is 5.47. The van der Waals surface area contributed by atoms with Crippen LogP contribution in [0, 0.1) is 5.92 Å². The zero-order chi connectivity index (χ0) is 22.8. The fourth-order valence-electron chi connectivity index (χ4n) is 3.73. The molecule has 8 nitrogen and oxygen atoms in total. The van der Waals surface area contributed by atoms with Gasteiger partial charge in [0.25, 0.3) is 0 Å². The Bertz CT molecular complexity index is 930. The summed E-state index contributed by atoms with van der Waals surface area (Å²) in [6, 6.07) is 5.74. The number of likely N-dealkylation sites (tertiary alicyclic amines) is 1. The lowest BCUT2D eigenvalue weighted by atomic mass is 10.1. The first-order valence-corrected chi connectivity index (χ1v) is 11.4. The summed E-state index contributed by atoms with van der Waals surface area (Å²) in [6.07, 6.45) is -4.85. The second kappa shape index (κ2) is 9.13. The molecule has 31 heavy (non-hydrogen) atoms. The highest BCUT2D eigenvalue weighted by Crippen LogP contribution is 2.26. The standard InChI is InChI=1S/C19H25F3N4O4S/c1-2-24-6-8-26(9-7-24)31(29,30)16-5-3-4-15(11-16)23-18(28)14-10-17(27)25(12-14)13-19(20,21)22/h3-5,11,14H,2,6-10,12-13H2,1H3,(H,23,28). The summed E-state index contributed by atoms with van der Waals surface area (Å²) in [6.45, 7) is 3.14. The van der Waals surface area contributed by atoms with Crippen molar-refractivity contribution in [3.63, 3.8) is 0 Å². The van der Waals surface area contributed by atoms with E-state index in [1.807, 2.05) is 6.92 Å². The minimum absolute atomic E-state index is 0.0245. The number of likely N-dealkylation sites (N-methyl/N-ethyl adjacent to an activating group) is 1. The van der Waals surface area contributed by atoms with Crippen LogP contribution in [-0.2, 0) is 19.6 Å². The van der Waals surface area contributed by atoms with Gasteiger partial charge in [-0.25, -0.2) is 8.42 Å². The monoisotopic (exact) mass is 462 g/mol. The number of benzene rings is 1. The number of carbonyl (C=O) groups is 2. The van der Waals surface area contributed by atoms with Crippen LogP contribution in [0.5, 0.6) is 0 Å². The molecule has 0 aliphatic carbocycles. The maximum Gasteiger partial charge on any atom is 0.406 e. The van der Waals surface area contributed by atoms with Gasteiger partial charge in [0.1, 0.15) is 6.54 Å². The van der Waals surface area contributed by atoms with Crippen molar-refractivity contribution in [2.45, 2.75) is 24.4 Å². The van der Waals surface area contributed by atoms with Crippen LogP contribution in [-0.4, -0.2) is 86.3 Å². The number of nitrogens with zero attached hydrogens (tertiary/aromatic N) is 3. The molecule has 1 N–H and O–H groups in total. The Balaban J connectivity index is 1.65. The van der Waals surface area contributed by atoms with Crippen LogP contribution in [0.1, 0.15) is 13.3 Å². The van der Waals surface area contributed by atoms with Gasteiger partial charge in [-0.3, -0.25) is 9.59 Å². The number of rotatable bonds is 6. The first-order chi connectivity index (χ1) is 14.5. The van der Waals surface area contributed by atoms with Gasteiger partial charge in [-0.1, -0.05) is 13.0 Å². The van der Waals surface area contributed by atoms with Gasteiger partial charge in [0, 0.05) is 44.8 Å². The molecule has 0 bridgehead atoms. The zero-order valence-corrected chi connectivity index (χ0v) is 17.9. The van der Waals surface area contributed by atoms with Crippen molar-refractivity contribution in [2.75, 3.05) is 51.1 Å². The number of anilines is 1. The Hall–Kier alpha value is -2.18. The number of sulfonamides is 1. The molecule has 2 amide bonds. The Kier molecular flexibility index (Phi) is 6.92. The molecule has 0 radical (unpaired) electrons. The summed E-state index contributed by atoms with van der Waals surface area (Å²) in [5.41, 5.74) is 0.208. The van der Waals surface area contributed by atoms with Gasteiger partial charge < -0.3 is 15.1 Å². The van der Waals surface area contributed by atoms with Crippen molar-refractivity contribution in [2.24, 2.45) is 5.92 Å². The van der Waals surface area contributed by atoms with Crippen LogP contribution >= 0.6 is 0 Å². The summed E-state index contributed by atoms with van der Waals surface area (Å²) in [7, 11) is -3.74. The number of piperazine rings is 1. The highest BCUT2D eigenvalue weighted by atomic mass is 32.2. The number of nitrogens with one attached hydrogen (secondary N) is 1. The Labute approximate surface area is 179 Å². The molecule has 0 saturated carbocycles. The maximum absolute atomic E-state index is 12.9. The molecule has 1 aromatic carbocycles. The molecular weight excluding hydrogens is 437 g/mol. The fourth-order valence-corrected chi connectivity index (χ4v) is 5.20. The molecule has 3 rings (SSSR count). The van der Waals surface area contributed by atoms with E-state index in [0.29, 0.717) is 31.1 Å². The molecule has 2 heterocycles. The van der Waals surface area contributed by atoms with Gasteiger partial charge in [0.15, 0.2) is 0 Å². The van der Waals surface area contributed by atoms with Crippen molar-refractivity contribution in [3.8, 4) is 0 Å². The summed E-state index contributed by atoms with van der Waals surface area (Å²) in [4.78, 5) is 27.0. The average Bonchev–Trinajstić information content (AvgIpc) is 3.07. The number of halogens is 3. The number of alkyl halides is 3. The molecule has 2 aliphatic heterocycles. The SMILES string of the molecule is CCN1CCN(S(=O)(=O)c2cccc(NC(=O)C3CC(=O)N(CC(F)(F)F)C3)c2)CC1. The van der Waals surface area contributed by atoms with Crippen LogP contribution < -0.4 is 5.32 Å². The van der Waals surface area contributed by atoms with E-state index in [4.69, 9.17) is 0 Å². The average molecular weight is 462 g/mol. The molecular formula is C19H25F3N4O4S. The molecule has 0 aromatic heterocycles. The Morgan fingerprint density at radius 3 is 2.48 bits per heavy atom. The largest absolute Gasteiger partial charge is 0.406 e. The molecule has 1 aromatic rings. The van der Waals surface area contributed by atoms with Crippen molar-refractivity contribution in [1.29, 1.82) is 0 Å². The third-order valence-corrected chi connectivity index (χ3v) is 7.37. The third kappa shape index (κ3) is 5.74. The lowest BCUT2D eigenvalue weighted by Crippen LogP contribution is -2.48. The Morgan fingerprint density at radius 1 is 1.19 bits per heavy atom. The number of hydrogen-bond acceptors (Lipinski definition) is 5. The molecule has 0 spiro atoms. The highest BCUT2D eigenvalue weighted by molar-refractivity contribution is 7.89. The van der Waals surface area contributed by atoms with E-state index in [0.717, 1.165) is 6.54 Å². The topological polar surface area (TPSA) is 90.0 Å². The highest BCUT2D eigenvalue weighted by Gasteiger charge is 2.40. The van der Waals surface area contributed by atoms with Crippen LogP contribution in [0.25, 0.3) is 0 Å². The summed E-state index contributed by atoms with van der Waals surface area (Å²) < 4.78 is 64.9. The molecule has 2 fully saturated rings. The normalized spacial score (nSPS) is 21.5. The summed E-state index contributed by atoms with van der Waals surface area (Å²) in [5, 5.41) is 2.53. The van der Waals surface area contributed by atoms with Crippen molar-refractivity contribution < 1.29 is 31.2 Å². The summed E-state index contributed by atoms with van der Waals surface area (Å²) in [5.74, 6) is -2.29. The maximum atomic E-state index is 12.9. The van der Waals surface area contributed by atoms with E-state index in [1.165, 1.54) is 28.6 Å². The second-order valence-electron chi connectivity index (χ2n) is 7.65. The number of amides is 2. The van der Waals surface area contributed by atoms with E-state index in [-0.39, 0.29) is 23.5 Å². The lowest BCUT2D eigenvalue weighted by Gasteiger charge is -2.33. The van der Waals surface area contributed by atoms with Crippen molar-refractivity contribution in [3.05, 3.63) is 24.3 Å². The molecule has 1 atom stereocenters. The van der Waals surface area contributed by atoms with Gasteiger partial charge in [-0.05, 0) is 24.7 Å². The molecule has 2 saturated heterocycles. The molecule has 172 valence electrons. The van der Waals surface area contributed by atoms with Gasteiger partial charge in [0.05, 0.1) is 10.8 Å². The Morgan fingerprint density at radius 2 is 1.87 bits per heavy atom. The van der Waals surface area contributed by atoms with Crippen LogP contribution in [0.15, 0.2) is 29.2 Å². The number of hydrogen-bond donors (Lipinski definition) is 1. The first kappa shape index (κ1) is 23.5. The second-order valence-corrected chi connectivity index (χ2v) is 9.58. The summed E-state index contributed by atoms with van der Waals surface area (Å²) >= 11 is 0. The van der Waals surface area contributed by atoms with Gasteiger partial charge in [-0.2, -0.15) is 17.5 Å². The van der Waals surface area contributed by atoms with Crippen LogP contribution in [0.3, 0.4) is 0 Å². The minimum Gasteiger partial charge on any atom is -0.333 e. The van der Waals surface area contributed by atoms with Crippen molar-refractivity contribution >= 4 is 27.5 Å². The predicted octanol–water partition coefficient (Wildman–Crippen LogP) is 1.36. The smallest absolute Gasteiger partial charge is 0.333 e. The lowest BCUT2D eigenvalue weighted by molar-refractivity contribution is -0.157. The van der Waals surface area contributed by atoms with Crippen LogP contribution in [0.4, 0.5) is 18.9 Å². The van der Waals surface area contributed by atoms with E-state index >= 15 is 0 Å². The van der Waals surface area contributed by atoms with Gasteiger partial charge >= 0.3 is 6.18 Å². The van der Waals surface area contributed by atoms with Gasteiger partial charge in [0.2, 0.25) is 21.8 Å². The zero-order valence-electron chi connectivity index (χ0n) is 17.1. The van der Waals surface area contributed by atoms with E-state index in [1.54, 1.807) is 0 Å². The van der Waals surface area contributed by atoms with Crippen LogP contribution in [0.2, 0.25) is 0 Å². The van der Waals surface area contributed by atoms with E-state index in [9.17, 15) is 31.2 Å². The quantitative estimate of drug-likeness (QED) is 0.690. The van der Waals surface area contributed by atoms with E-state index in [2.05, 4.69) is 10.2 Å². The first-order valence-electron chi connectivity index (χ1n) is 9.97. The molecule has 1 unspecified atom stereocenters. The number of carbonyl (C=O) groups excluding carboxylic acids is 2. The van der Waals surface area contributed by atoms with E-state index < -0.39 is 40.5 Å². The molecule has 2 aliphatic rings. The van der Waals surface area contributed by atoms with Gasteiger partial charge in [-0.15, -0.1) is 0 Å². The molecule has 12 heteroatoms. The van der Waals surface area contributed by atoms with Crippen molar-refractivity contribution in [1.82, 2.24) is 14.1 Å². The predicted molar refractivity (Wildman–Crippen MR) is 107 cm³/mol. The minimum atomic E-state index is -4.54. The fraction of sp³-hybridized carbons (Fsp3) is 0.579.